The van der Waals surface area contributed by atoms with Gasteiger partial charge in [0.1, 0.15) is 0 Å². The second-order valence-corrected chi connectivity index (χ2v) is 5.48. The fraction of sp³-hybridized carbons (Fsp3) is 0.600. The van der Waals surface area contributed by atoms with Gasteiger partial charge in [0.2, 0.25) is 0 Å². The Balaban J connectivity index is 1.88. The Hall–Kier alpha value is -0.290. The third-order valence-corrected chi connectivity index (χ3v) is 3.90. The van der Waals surface area contributed by atoms with E-state index in [0.29, 0.717) is 0 Å². The predicted molar refractivity (Wildman–Crippen MR) is 67.0 cm³/mol. The van der Waals surface area contributed by atoms with Crippen molar-refractivity contribution in [2.45, 2.75) is 0 Å². The number of halogens is 1. The molecule has 1 fully saturated rings. The molecule has 0 saturated carbocycles. The average molecular weight is 246 g/mol. The smallest absolute Gasteiger partial charge is 0.0950 e. The van der Waals surface area contributed by atoms with Crippen molar-refractivity contribution in [1.82, 2.24) is 10.2 Å². The number of hydrogen-bond donors (Lipinski definition) is 1. The first kappa shape index (κ1) is 11.2. The average Bonchev–Trinajstić information content (AvgIpc) is 2.66. The maximum atomic E-state index is 5.92. The van der Waals surface area contributed by atoms with Crippen LogP contribution in [0.2, 0.25) is 4.34 Å². The van der Waals surface area contributed by atoms with E-state index in [0.717, 1.165) is 37.2 Å². The zero-order valence-corrected chi connectivity index (χ0v) is 10.4. The van der Waals surface area contributed by atoms with Crippen LogP contribution in [0.5, 0.6) is 0 Å². The van der Waals surface area contributed by atoms with Gasteiger partial charge in [0.05, 0.1) is 16.0 Å². The molecule has 0 radical (unpaired) electrons. The molecule has 1 aromatic heterocycles. The van der Waals surface area contributed by atoms with Crippen LogP contribution in [0, 0.1) is 0 Å². The highest BCUT2D eigenvalue weighted by Gasteiger charge is 2.12. The van der Waals surface area contributed by atoms with Gasteiger partial charge in [-0.1, -0.05) is 11.6 Å². The van der Waals surface area contributed by atoms with Gasteiger partial charge < -0.3 is 10.2 Å². The quantitative estimate of drug-likeness (QED) is 0.875. The molecule has 0 atom stereocenters. The Kier molecular flexibility index (Phi) is 3.86. The summed E-state index contributed by atoms with van der Waals surface area (Å²) in [6.45, 7) is 5.43. The van der Waals surface area contributed by atoms with Gasteiger partial charge in [-0.15, -0.1) is 11.3 Å². The maximum absolute atomic E-state index is 5.92. The first-order valence-corrected chi connectivity index (χ1v) is 6.35. The number of nitrogens with zero attached hydrogens (tertiary/aromatic N) is 2. The third-order valence-electron chi connectivity index (χ3n) is 2.56. The summed E-state index contributed by atoms with van der Waals surface area (Å²) in [7, 11) is 2.12. The Morgan fingerprint density at radius 3 is 2.80 bits per heavy atom. The van der Waals surface area contributed by atoms with Gasteiger partial charge >= 0.3 is 0 Å². The molecule has 1 aliphatic heterocycles. The van der Waals surface area contributed by atoms with Gasteiger partial charge in [-0.25, -0.2) is 0 Å². The molecule has 1 saturated heterocycles. The zero-order chi connectivity index (χ0) is 10.7. The Morgan fingerprint density at radius 1 is 1.47 bits per heavy atom. The van der Waals surface area contributed by atoms with Crippen molar-refractivity contribution < 1.29 is 0 Å². The van der Waals surface area contributed by atoms with Gasteiger partial charge in [0.25, 0.3) is 0 Å². The van der Waals surface area contributed by atoms with Crippen molar-refractivity contribution in [3.63, 3.8) is 0 Å². The Bertz CT molecular complexity index is 309. The molecule has 15 heavy (non-hydrogen) atoms. The van der Waals surface area contributed by atoms with Crippen LogP contribution in [0.15, 0.2) is 12.1 Å². The largest absolute Gasteiger partial charge is 0.353 e. The standard InChI is InChI=1S/C10H16ClN3S/c1-13(10-3-2-9(11)15-10)8-14-6-4-12-5-7-14/h2-3,12H,4-8H2,1H3. The Labute approximate surface area is 99.6 Å². The summed E-state index contributed by atoms with van der Waals surface area (Å²) in [6, 6.07) is 4.03. The molecule has 3 nitrogen and oxygen atoms in total. The van der Waals surface area contributed by atoms with Gasteiger partial charge in [0, 0.05) is 33.2 Å². The first-order valence-electron chi connectivity index (χ1n) is 5.15. The zero-order valence-electron chi connectivity index (χ0n) is 8.87. The van der Waals surface area contributed by atoms with Crippen molar-refractivity contribution in [2.75, 3.05) is 44.8 Å². The van der Waals surface area contributed by atoms with E-state index >= 15 is 0 Å². The van der Waals surface area contributed by atoms with Crippen LogP contribution >= 0.6 is 22.9 Å². The van der Waals surface area contributed by atoms with E-state index < -0.39 is 0 Å². The number of rotatable bonds is 3. The van der Waals surface area contributed by atoms with Crippen molar-refractivity contribution in [3.05, 3.63) is 16.5 Å². The molecule has 5 heteroatoms. The number of thiophene rings is 1. The van der Waals surface area contributed by atoms with Crippen LogP contribution in [0.1, 0.15) is 0 Å². The fourth-order valence-electron chi connectivity index (χ4n) is 1.73. The summed E-state index contributed by atoms with van der Waals surface area (Å²) in [5, 5.41) is 4.59. The second kappa shape index (κ2) is 5.16. The second-order valence-electron chi connectivity index (χ2n) is 3.79. The van der Waals surface area contributed by atoms with Crippen LogP contribution in [0.4, 0.5) is 5.00 Å². The van der Waals surface area contributed by atoms with E-state index in [4.69, 9.17) is 11.6 Å². The minimum absolute atomic E-state index is 0.858. The highest BCUT2D eigenvalue weighted by Crippen LogP contribution is 2.28. The molecular weight excluding hydrogens is 230 g/mol. The van der Waals surface area contributed by atoms with E-state index in [-0.39, 0.29) is 0 Å². The predicted octanol–water partition coefficient (Wildman–Crippen LogP) is 1.70. The topological polar surface area (TPSA) is 18.5 Å². The lowest BCUT2D eigenvalue weighted by molar-refractivity contribution is 0.244. The van der Waals surface area contributed by atoms with Gasteiger partial charge in [-0.2, -0.15) is 0 Å². The molecule has 0 unspecified atom stereocenters. The Morgan fingerprint density at radius 2 is 2.20 bits per heavy atom. The monoisotopic (exact) mass is 245 g/mol. The summed E-state index contributed by atoms with van der Waals surface area (Å²) >= 11 is 7.55. The van der Waals surface area contributed by atoms with E-state index in [1.54, 1.807) is 11.3 Å². The number of piperazine rings is 1. The summed E-state index contributed by atoms with van der Waals surface area (Å²) in [5.74, 6) is 0. The van der Waals surface area contributed by atoms with Crippen molar-refractivity contribution in [1.29, 1.82) is 0 Å². The summed E-state index contributed by atoms with van der Waals surface area (Å²) in [5.41, 5.74) is 0. The highest BCUT2D eigenvalue weighted by molar-refractivity contribution is 7.19. The molecular formula is C10H16ClN3S. The molecule has 0 aliphatic carbocycles. The number of anilines is 1. The lowest BCUT2D eigenvalue weighted by atomic mass is 10.4. The summed E-state index contributed by atoms with van der Waals surface area (Å²) < 4.78 is 0.858. The number of nitrogens with one attached hydrogen (secondary N) is 1. The molecule has 0 aromatic carbocycles. The molecule has 84 valence electrons. The molecule has 1 aromatic rings. The maximum Gasteiger partial charge on any atom is 0.0950 e. The van der Waals surface area contributed by atoms with E-state index in [9.17, 15) is 0 Å². The summed E-state index contributed by atoms with van der Waals surface area (Å²) in [4.78, 5) is 4.70. The van der Waals surface area contributed by atoms with Gasteiger partial charge in [-0.3, -0.25) is 4.90 Å². The molecule has 2 rings (SSSR count). The highest BCUT2D eigenvalue weighted by atomic mass is 35.5. The third kappa shape index (κ3) is 3.08. The van der Waals surface area contributed by atoms with Gasteiger partial charge in [-0.05, 0) is 12.1 Å². The molecule has 0 spiro atoms. The lowest BCUT2D eigenvalue weighted by Crippen LogP contribution is -2.47. The molecule has 1 N–H and O–H groups in total. The fourth-order valence-corrected chi connectivity index (χ4v) is 2.72. The van der Waals surface area contributed by atoms with Crippen LogP contribution in [-0.4, -0.2) is 44.8 Å². The summed E-state index contributed by atoms with van der Waals surface area (Å²) in [6.07, 6.45) is 0. The molecule has 1 aliphatic rings. The van der Waals surface area contributed by atoms with Crippen LogP contribution in [-0.2, 0) is 0 Å². The van der Waals surface area contributed by atoms with E-state index in [2.05, 4.69) is 28.2 Å². The number of hydrogen-bond acceptors (Lipinski definition) is 4. The molecule has 2 heterocycles. The first-order chi connectivity index (χ1) is 7.25. The van der Waals surface area contributed by atoms with Crippen molar-refractivity contribution in [2.24, 2.45) is 0 Å². The van der Waals surface area contributed by atoms with Gasteiger partial charge in [0.15, 0.2) is 0 Å². The lowest BCUT2D eigenvalue weighted by Gasteiger charge is -2.31. The van der Waals surface area contributed by atoms with Crippen LogP contribution in [0.3, 0.4) is 0 Å². The van der Waals surface area contributed by atoms with Crippen molar-refractivity contribution in [3.8, 4) is 0 Å². The van der Waals surface area contributed by atoms with Crippen LogP contribution < -0.4 is 10.2 Å². The minimum Gasteiger partial charge on any atom is -0.353 e. The normalized spacial score (nSPS) is 18.0. The SMILES string of the molecule is CN(CN1CCNCC1)c1ccc(Cl)s1. The van der Waals surface area contributed by atoms with E-state index in [1.807, 2.05) is 6.07 Å². The molecule has 0 bridgehead atoms. The van der Waals surface area contributed by atoms with E-state index in [1.165, 1.54) is 5.00 Å². The molecule has 0 amide bonds. The van der Waals surface area contributed by atoms with Crippen LogP contribution in [0.25, 0.3) is 0 Å². The van der Waals surface area contributed by atoms with Crippen molar-refractivity contribution >= 4 is 27.9 Å². The minimum atomic E-state index is 0.858.